The fourth-order valence-electron chi connectivity index (χ4n) is 11.1. The molecular formula is C51H64F2N10O6. The number of methoxy groups -OCH3 is 2. The molecule has 0 radical (unpaired) electrons. The van der Waals surface area contributed by atoms with Gasteiger partial charge in [0, 0.05) is 38.3 Å². The van der Waals surface area contributed by atoms with E-state index in [-0.39, 0.29) is 59.2 Å². The minimum atomic E-state index is -0.764. The van der Waals surface area contributed by atoms with E-state index in [1.807, 2.05) is 73.9 Å². The van der Waals surface area contributed by atoms with Crippen LogP contribution in [0.25, 0.3) is 22.1 Å². The highest BCUT2D eigenvalue weighted by atomic mass is 19.1. The van der Waals surface area contributed by atoms with Crippen LogP contribution < -0.4 is 20.4 Å². The predicted octanol–water partition coefficient (Wildman–Crippen LogP) is 8.88. The van der Waals surface area contributed by atoms with Crippen LogP contribution in [-0.4, -0.2) is 106 Å². The lowest BCUT2D eigenvalue weighted by Crippen LogP contribution is -2.51. The van der Waals surface area contributed by atoms with E-state index in [4.69, 9.17) is 19.4 Å². The monoisotopic (exact) mass is 950 g/mol. The number of nitrogens with zero attached hydrogens (tertiary/aromatic N) is 6. The number of fused-ring (bicyclic) bond motifs is 2. The lowest BCUT2D eigenvalue weighted by Gasteiger charge is -2.35. The van der Waals surface area contributed by atoms with Crippen molar-refractivity contribution in [2.45, 2.75) is 122 Å². The van der Waals surface area contributed by atoms with E-state index in [9.17, 15) is 19.2 Å². The molecule has 3 aromatic carbocycles. The first-order chi connectivity index (χ1) is 33.2. The van der Waals surface area contributed by atoms with Crippen molar-refractivity contribution in [2.75, 3.05) is 50.2 Å². The number of likely N-dealkylation sites (tertiary alicyclic amines) is 2. The third-order valence-electron chi connectivity index (χ3n) is 14.7. The minimum absolute atomic E-state index is 0.172. The predicted molar refractivity (Wildman–Crippen MR) is 258 cm³/mol. The zero-order valence-corrected chi connectivity index (χ0v) is 40.3. The molecule has 69 heavy (non-hydrogen) atoms. The smallest absolute Gasteiger partial charge is 0.407 e. The lowest BCUT2D eigenvalue weighted by atomic mass is 10.0. The van der Waals surface area contributed by atoms with Crippen LogP contribution in [0.2, 0.25) is 0 Å². The molecule has 368 valence electrons. The van der Waals surface area contributed by atoms with E-state index in [1.54, 1.807) is 9.80 Å². The van der Waals surface area contributed by atoms with Gasteiger partial charge in [-0.1, -0.05) is 39.8 Å². The summed E-state index contributed by atoms with van der Waals surface area (Å²) in [6.45, 7) is 9.91. The summed E-state index contributed by atoms with van der Waals surface area (Å²) < 4.78 is 42.9. The summed E-state index contributed by atoms with van der Waals surface area (Å²) in [6, 6.07) is 11.8. The fourth-order valence-corrected chi connectivity index (χ4v) is 11.1. The average molecular weight is 951 g/mol. The van der Waals surface area contributed by atoms with E-state index in [2.05, 4.69) is 20.6 Å². The molecule has 0 saturated carbocycles. The van der Waals surface area contributed by atoms with Crippen LogP contribution >= 0.6 is 0 Å². The maximum atomic E-state index is 16.9. The van der Waals surface area contributed by atoms with Crippen LogP contribution in [-0.2, 0) is 19.1 Å². The fraction of sp³-hybridized carbons (Fsp3) is 0.529. The van der Waals surface area contributed by atoms with Crippen molar-refractivity contribution in [3.63, 3.8) is 0 Å². The van der Waals surface area contributed by atoms with Crippen LogP contribution in [0.15, 0.2) is 48.5 Å². The molecule has 0 bridgehead atoms. The Morgan fingerprint density at radius 2 is 1.04 bits per heavy atom. The van der Waals surface area contributed by atoms with Gasteiger partial charge in [0.1, 0.15) is 35.4 Å². The van der Waals surface area contributed by atoms with Gasteiger partial charge in [0.05, 0.1) is 71.8 Å². The summed E-state index contributed by atoms with van der Waals surface area (Å²) in [4.78, 5) is 76.7. The highest BCUT2D eigenvalue weighted by molar-refractivity contribution is 5.88. The maximum absolute atomic E-state index is 16.9. The number of imidazole rings is 2. The standard InChI is InChI=1S/C51H64F2N10O6/c1-28(2)44(58-50(66)68-5)48(64)61-22-10-12-40(61)46-54-34-16-14-30(24-36(34)56-46)38-18-19-39(63(38)43-27-32(52)42(26-33(43)53)60-20-8-7-9-21-60)31-15-17-35-37(25-31)57-47(55-35)41-13-11-23-62(41)49(65)45(29(3)4)59-51(67)69-6/h14-17,24-29,38-41,44-45H,7-13,18-23H2,1-6H3,(H,54,56)(H,55,57)(H,58,66)(H,59,67)/t38-,39-,40+,41+,44+,45+/m1/s1. The Bertz CT molecular complexity index is 2570. The Kier molecular flexibility index (Phi) is 13.7. The molecule has 0 unspecified atom stereocenters. The second-order valence-electron chi connectivity index (χ2n) is 19.7. The Labute approximate surface area is 400 Å². The molecule has 6 atom stereocenters. The summed E-state index contributed by atoms with van der Waals surface area (Å²) in [7, 11) is 2.55. The van der Waals surface area contributed by atoms with E-state index in [0.29, 0.717) is 74.5 Å². The minimum Gasteiger partial charge on any atom is -0.453 e. The zero-order valence-electron chi connectivity index (χ0n) is 40.3. The summed E-state index contributed by atoms with van der Waals surface area (Å²) in [5, 5.41) is 5.41. The summed E-state index contributed by atoms with van der Waals surface area (Å²) in [5.41, 5.74) is 5.18. The number of carbonyl (C=O) groups is 4. The first kappa shape index (κ1) is 47.6. The van der Waals surface area contributed by atoms with Gasteiger partial charge in [0.15, 0.2) is 0 Å². The van der Waals surface area contributed by atoms with Gasteiger partial charge in [0.25, 0.3) is 0 Å². The van der Waals surface area contributed by atoms with Crippen LogP contribution in [0, 0.1) is 23.5 Å². The van der Waals surface area contributed by atoms with Gasteiger partial charge < -0.3 is 49.7 Å². The molecule has 0 spiro atoms. The molecule has 6 heterocycles. The second kappa shape index (κ2) is 19.9. The van der Waals surface area contributed by atoms with Crippen molar-refractivity contribution in [1.82, 2.24) is 40.4 Å². The maximum Gasteiger partial charge on any atom is 0.407 e. The number of rotatable bonds is 12. The number of aromatic nitrogens is 4. The Morgan fingerprint density at radius 3 is 1.49 bits per heavy atom. The number of nitrogens with one attached hydrogen (secondary N) is 4. The Balaban J connectivity index is 1.04. The van der Waals surface area contributed by atoms with Gasteiger partial charge in [-0.05, 0) is 105 Å². The van der Waals surface area contributed by atoms with E-state index in [0.717, 1.165) is 54.3 Å². The largest absolute Gasteiger partial charge is 0.453 e. The first-order valence-electron chi connectivity index (χ1n) is 24.6. The lowest BCUT2D eigenvalue weighted by molar-refractivity contribution is -0.136. The zero-order chi connectivity index (χ0) is 48.7. The number of piperidine rings is 1. The SMILES string of the molecule is COC(=O)N[C@H](C(=O)N1CCC[C@H]1c1nc2cc([C@H]3CC[C@H](c4ccc5[nH]c([C@@H]6CCCN6C(=O)[C@@H](NC(=O)OC)C(C)C)nc5c4)N3c3cc(F)c(N4CCCCC4)cc3F)ccc2[nH]1)C(C)C. The quantitative estimate of drug-likeness (QED) is 0.0944. The Morgan fingerprint density at radius 1 is 0.594 bits per heavy atom. The summed E-state index contributed by atoms with van der Waals surface area (Å²) >= 11 is 0. The molecule has 16 nitrogen and oxygen atoms in total. The van der Waals surface area contributed by atoms with Crippen molar-refractivity contribution in [3.05, 3.63) is 82.9 Å². The number of amides is 4. The third kappa shape index (κ3) is 9.38. The molecule has 2 aromatic heterocycles. The summed E-state index contributed by atoms with van der Waals surface area (Å²) in [6.07, 6.45) is 5.80. The van der Waals surface area contributed by atoms with Crippen LogP contribution in [0.5, 0.6) is 0 Å². The average Bonchev–Trinajstić information content (AvgIpc) is 4.21. The number of benzene rings is 3. The molecule has 4 saturated heterocycles. The topological polar surface area (TPSA) is 181 Å². The first-order valence-corrected chi connectivity index (χ1v) is 24.6. The molecule has 9 rings (SSSR count). The molecule has 5 aromatic rings. The van der Waals surface area contributed by atoms with Gasteiger partial charge in [0.2, 0.25) is 11.8 Å². The third-order valence-corrected chi connectivity index (χ3v) is 14.7. The van der Waals surface area contributed by atoms with E-state index < -0.39 is 35.9 Å². The van der Waals surface area contributed by atoms with Crippen molar-refractivity contribution >= 4 is 57.4 Å². The molecule has 4 fully saturated rings. The number of ether oxygens (including phenoxy) is 2. The van der Waals surface area contributed by atoms with E-state index in [1.165, 1.54) is 26.4 Å². The molecule has 0 aliphatic carbocycles. The van der Waals surface area contributed by atoms with Crippen molar-refractivity contribution in [2.24, 2.45) is 11.8 Å². The summed E-state index contributed by atoms with van der Waals surface area (Å²) in [5.74, 6) is -0.417. The van der Waals surface area contributed by atoms with Crippen molar-refractivity contribution < 1.29 is 37.4 Å². The number of alkyl carbamates (subject to hydrolysis) is 2. The second-order valence-corrected chi connectivity index (χ2v) is 19.7. The van der Waals surface area contributed by atoms with Crippen LogP contribution in [0.4, 0.5) is 29.7 Å². The van der Waals surface area contributed by atoms with E-state index >= 15 is 8.78 Å². The van der Waals surface area contributed by atoms with Crippen LogP contribution in [0.3, 0.4) is 0 Å². The molecule has 18 heteroatoms. The van der Waals surface area contributed by atoms with Crippen molar-refractivity contribution in [3.8, 4) is 0 Å². The molecular weight excluding hydrogens is 887 g/mol. The number of anilines is 2. The molecule has 4 aliphatic rings. The van der Waals surface area contributed by atoms with Gasteiger partial charge in [-0.2, -0.15) is 0 Å². The number of carbonyl (C=O) groups excluding carboxylic acids is 4. The molecule has 4 N–H and O–H groups in total. The van der Waals surface area contributed by atoms with Gasteiger partial charge in [-0.15, -0.1) is 0 Å². The number of H-pyrrole nitrogens is 2. The highest BCUT2D eigenvalue weighted by Gasteiger charge is 2.41. The molecule has 4 amide bonds. The van der Waals surface area contributed by atoms with Crippen molar-refractivity contribution in [1.29, 1.82) is 0 Å². The normalized spacial score (nSPS) is 21.7. The number of hydrogen-bond acceptors (Lipinski definition) is 10. The highest BCUT2D eigenvalue weighted by Crippen LogP contribution is 2.49. The number of aromatic amines is 2. The number of hydrogen-bond donors (Lipinski definition) is 4. The van der Waals surface area contributed by atoms with Gasteiger partial charge >= 0.3 is 12.2 Å². The van der Waals surface area contributed by atoms with Gasteiger partial charge in [-0.25, -0.2) is 28.3 Å². The number of halogens is 2. The van der Waals surface area contributed by atoms with Gasteiger partial charge in [-0.3, -0.25) is 9.59 Å². The van der Waals surface area contributed by atoms with Crippen LogP contribution in [0.1, 0.15) is 132 Å². The Hall–Kier alpha value is -6.46. The molecule has 4 aliphatic heterocycles.